The van der Waals surface area contributed by atoms with E-state index >= 15 is 0 Å². The van der Waals surface area contributed by atoms with Crippen LogP contribution in [0, 0.1) is 5.82 Å². The molecule has 0 fully saturated rings. The zero-order valence-corrected chi connectivity index (χ0v) is 17.6. The van der Waals surface area contributed by atoms with E-state index in [1.54, 1.807) is 29.0 Å². The molecule has 0 atom stereocenters. The van der Waals surface area contributed by atoms with E-state index in [1.165, 1.54) is 18.2 Å². The molecule has 0 aliphatic carbocycles. The van der Waals surface area contributed by atoms with Crippen LogP contribution in [0.2, 0.25) is 0 Å². The average Bonchev–Trinajstić information content (AvgIpc) is 3.36. The van der Waals surface area contributed by atoms with Crippen LogP contribution in [0.15, 0.2) is 82.5 Å². The number of allylic oxidation sites excluding steroid dienone is 2. The highest BCUT2D eigenvalue weighted by Gasteiger charge is 2.18. The Morgan fingerprint density at radius 3 is 2.62 bits per heavy atom. The van der Waals surface area contributed by atoms with E-state index < -0.39 is 0 Å². The van der Waals surface area contributed by atoms with Gasteiger partial charge in [0.2, 0.25) is 0 Å². The fraction of sp³-hybridized carbons (Fsp3) is 0.125. The van der Waals surface area contributed by atoms with E-state index in [4.69, 9.17) is 9.72 Å². The van der Waals surface area contributed by atoms with E-state index in [9.17, 15) is 9.18 Å². The number of pyridine rings is 1. The third kappa shape index (κ3) is 3.72. The number of quaternary nitrogens is 1. The summed E-state index contributed by atoms with van der Waals surface area (Å²) in [5.74, 6) is 0.939. The van der Waals surface area contributed by atoms with Gasteiger partial charge in [0.15, 0.2) is 11.5 Å². The fourth-order valence-corrected chi connectivity index (χ4v) is 3.65. The van der Waals surface area contributed by atoms with Gasteiger partial charge in [-0.3, -0.25) is 9.36 Å². The second-order valence-corrected chi connectivity index (χ2v) is 7.69. The first kappa shape index (κ1) is 19.9. The van der Waals surface area contributed by atoms with Crippen LogP contribution in [0.1, 0.15) is 18.3 Å². The molecule has 2 aromatic carbocycles. The van der Waals surface area contributed by atoms with Crippen LogP contribution in [0.5, 0.6) is 5.75 Å². The van der Waals surface area contributed by atoms with Gasteiger partial charge in [-0.1, -0.05) is 17.2 Å². The molecular formula is C24H21FN5O2+. The van der Waals surface area contributed by atoms with Gasteiger partial charge in [0.1, 0.15) is 23.9 Å². The average molecular weight is 430 g/mol. The monoisotopic (exact) mass is 430 g/mol. The Morgan fingerprint density at radius 2 is 1.91 bits per heavy atom. The Bertz CT molecular complexity index is 1450. The number of fused-ring (bicyclic) bond motifs is 1. The predicted molar refractivity (Wildman–Crippen MR) is 119 cm³/mol. The van der Waals surface area contributed by atoms with Crippen LogP contribution >= 0.6 is 0 Å². The molecule has 5 rings (SSSR count). The van der Waals surface area contributed by atoms with Crippen LogP contribution in [0.3, 0.4) is 0 Å². The van der Waals surface area contributed by atoms with Crippen molar-refractivity contribution in [2.75, 3.05) is 0 Å². The van der Waals surface area contributed by atoms with Crippen molar-refractivity contribution in [1.29, 1.82) is 0 Å². The van der Waals surface area contributed by atoms with Crippen molar-refractivity contribution in [3.8, 4) is 11.4 Å². The van der Waals surface area contributed by atoms with Crippen molar-refractivity contribution in [3.63, 3.8) is 0 Å². The lowest BCUT2D eigenvalue weighted by Crippen LogP contribution is -2.73. The molecule has 1 aliphatic rings. The third-order valence-corrected chi connectivity index (χ3v) is 5.35. The van der Waals surface area contributed by atoms with E-state index in [1.807, 2.05) is 48.2 Å². The molecule has 8 heteroatoms. The maximum Gasteiger partial charge on any atom is 0.258 e. The van der Waals surface area contributed by atoms with Crippen molar-refractivity contribution in [2.24, 2.45) is 12.1 Å². The molecule has 0 amide bonds. The summed E-state index contributed by atoms with van der Waals surface area (Å²) in [6.45, 7) is 2.25. The van der Waals surface area contributed by atoms with Gasteiger partial charge in [0.05, 0.1) is 16.7 Å². The van der Waals surface area contributed by atoms with Gasteiger partial charge < -0.3 is 9.30 Å². The Morgan fingerprint density at radius 1 is 1.09 bits per heavy atom. The van der Waals surface area contributed by atoms with Gasteiger partial charge in [0.25, 0.3) is 5.56 Å². The molecule has 0 radical (unpaired) electrons. The summed E-state index contributed by atoms with van der Waals surface area (Å²) in [6.07, 6.45) is 3.68. The van der Waals surface area contributed by atoms with Crippen LogP contribution in [0.4, 0.5) is 4.39 Å². The molecule has 160 valence electrons. The highest BCUT2D eigenvalue weighted by atomic mass is 19.1. The number of hydrogen-bond donors (Lipinski definition) is 1. The molecular weight excluding hydrogens is 409 g/mol. The number of nitrogens with two attached hydrogens (primary N) is 1. The number of aromatic nitrogens is 3. The molecule has 3 heterocycles. The van der Waals surface area contributed by atoms with E-state index in [0.29, 0.717) is 5.75 Å². The second-order valence-electron chi connectivity index (χ2n) is 7.69. The topological polar surface area (TPSA) is 78.0 Å². The number of halogens is 1. The standard InChI is InChI=1S/C24H20FN5O2/c1-15-11-21(28-27-15)24-26-20-8-7-18(12-22(20)29(24)2)30-10-9-19(13-23(30)31)32-14-16-3-5-17(25)6-4-16/h3-13H,14H2,1-2H3,(H,27,28)/p+1. The smallest absolute Gasteiger partial charge is 0.258 e. The first-order valence-corrected chi connectivity index (χ1v) is 10.1. The highest BCUT2D eigenvalue weighted by molar-refractivity contribution is 6.08. The zero-order chi connectivity index (χ0) is 22.2. The Kier molecular flexibility index (Phi) is 4.91. The summed E-state index contributed by atoms with van der Waals surface area (Å²) in [7, 11) is 1.94. The predicted octanol–water partition coefficient (Wildman–Crippen LogP) is 2.63. The van der Waals surface area contributed by atoms with E-state index in [-0.39, 0.29) is 18.0 Å². The number of hydrogen-bond acceptors (Lipinski definition) is 4. The van der Waals surface area contributed by atoms with E-state index in [2.05, 4.69) is 5.10 Å². The summed E-state index contributed by atoms with van der Waals surface area (Å²) < 4.78 is 22.3. The largest absolute Gasteiger partial charge is 0.489 e. The number of imidazole rings is 1. The second kappa shape index (κ2) is 7.90. The number of benzene rings is 2. The minimum atomic E-state index is -0.296. The molecule has 1 aliphatic heterocycles. The van der Waals surface area contributed by atoms with Crippen molar-refractivity contribution < 1.29 is 14.6 Å². The minimum Gasteiger partial charge on any atom is -0.489 e. The maximum atomic E-state index is 13.0. The van der Waals surface area contributed by atoms with Gasteiger partial charge in [0, 0.05) is 32.3 Å². The number of rotatable bonds is 5. The summed E-state index contributed by atoms with van der Waals surface area (Å²) >= 11 is 0. The molecule has 0 spiro atoms. The molecule has 0 bridgehead atoms. The lowest BCUT2D eigenvalue weighted by Gasteiger charge is -2.09. The van der Waals surface area contributed by atoms with Gasteiger partial charge >= 0.3 is 0 Å². The van der Waals surface area contributed by atoms with E-state index in [0.717, 1.165) is 39.5 Å². The van der Waals surface area contributed by atoms with Crippen molar-refractivity contribution in [1.82, 2.24) is 14.1 Å². The van der Waals surface area contributed by atoms with Crippen molar-refractivity contribution >= 4 is 16.7 Å². The SMILES string of the molecule is CC1=CC(c2nc3ccc(-n4ccc(OCc5ccc(F)cc5)cc4=O)cc3n2C)=N[NH2+]1. The third-order valence-electron chi connectivity index (χ3n) is 5.35. The summed E-state index contributed by atoms with van der Waals surface area (Å²) in [5, 5.41) is 4.42. The maximum absolute atomic E-state index is 13.0. The number of nitrogens with zero attached hydrogens (tertiary/aromatic N) is 4. The van der Waals surface area contributed by atoms with Crippen LogP contribution < -0.4 is 15.7 Å². The molecule has 4 aromatic rings. The Hall–Kier alpha value is -4.04. The molecule has 7 nitrogen and oxygen atoms in total. The molecule has 0 saturated heterocycles. The van der Waals surface area contributed by atoms with Crippen LogP contribution in [-0.2, 0) is 13.7 Å². The molecule has 0 unspecified atom stereocenters. The van der Waals surface area contributed by atoms with Crippen LogP contribution in [-0.4, -0.2) is 19.8 Å². The molecule has 2 aromatic heterocycles. The van der Waals surface area contributed by atoms with Crippen LogP contribution in [0.25, 0.3) is 16.7 Å². The molecule has 0 saturated carbocycles. The molecule has 2 N–H and O–H groups in total. The fourth-order valence-electron chi connectivity index (χ4n) is 3.65. The quantitative estimate of drug-likeness (QED) is 0.495. The summed E-state index contributed by atoms with van der Waals surface area (Å²) in [4.78, 5) is 17.4. The first-order valence-electron chi connectivity index (χ1n) is 10.1. The normalized spacial score (nSPS) is 13.3. The summed E-state index contributed by atoms with van der Waals surface area (Å²) in [5.41, 5.74) is 6.80. The van der Waals surface area contributed by atoms with Gasteiger partial charge in [-0.2, -0.15) is 5.43 Å². The number of ether oxygens (including phenoxy) is 1. The van der Waals surface area contributed by atoms with Crippen molar-refractivity contribution in [3.05, 3.63) is 100 Å². The van der Waals surface area contributed by atoms with Crippen molar-refractivity contribution in [2.45, 2.75) is 13.5 Å². The lowest BCUT2D eigenvalue weighted by molar-refractivity contribution is -0.608. The number of aryl methyl sites for hydroxylation is 1. The molecule has 32 heavy (non-hydrogen) atoms. The first-order chi connectivity index (χ1) is 15.5. The Labute approximate surface area is 183 Å². The van der Waals surface area contributed by atoms with Gasteiger partial charge in [-0.05, 0) is 42.0 Å². The van der Waals surface area contributed by atoms with Gasteiger partial charge in [-0.25, -0.2) is 9.37 Å². The summed E-state index contributed by atoms with van der Waals surface area (Å²) in [6, 6.07) is 14.9. The lowest BCUT2D eigenvalue weighted by atomic mass is 10.2. The minimum absolute atomic E-state index is 0.211. The van der Waals surface area contributed by atoms with Gasteiger partial charge in [-0.15, -0.1) is 0 Å². The zero-order valence-electron chi connectivity index (χ0n) is 17.6. The Balaban J connectivity index is 1.41. The highest BCUT2D eigenvalue weighted by Crippen LogP contribution is 2.20.